The number of nitrogens with zero attached hydrogens (tertiary/aromatic N) is 3. The third-order valence-electron chi connectivity index (χ3n) is 5.55. The van der Waals surface area contributed by atoms with Crippen LogP contribution in [-0.2, 0) is 16.1 Å². The molecule has 0 aromatic carbocycles. The van der Waals surface area contributed by atoms with E-state index < -0.39 is 0 Å². The van der Waals surface area contributed by atoms with Crippen LogP contribution in [0.4, 0.5) is 0 Å². The van der Waals surface area contributed by atoms with E-state index in [4.69, 9.17) is 23.2 Å². The Morgan fingerprint density at radius 1 is 0.867 bits per heavy atom. The van der Waals surface area contributed by atoms with Crippen molar-refractivity contribution in [3.05, 3.63) is 22.7 Å². The topological polar surface area (TPSA) is 57.0 Å². The maximum absolute atomic E-state index is 11.0. The quantitative estimate of drug-likeness (QED) is 0.114. The average Bonchev–Trinajstić information content (AvgIpc) is 3.13. The van der Waals surface area contributed by atoms with Gasteiger partial charge in [-0.25, -0.2) is 9.97 Å². The van der Waals surface area contributed by atoms with Crippen LogP contribution < -0.4 is 0 Å². The highest BCUT2D eigenvalue weighted by molar-refractivity contribution is 6.35. The SMILES string of the molecule is COC(=O)CCCCCCCCCCCCCCCn1ccc2nc(Cl)nc(Cl)c21. The fraction of sp³-hybridized carbons (Fsp3) is 0.696. The highest BCUT2D eigenvalue weighted by Gasteiger charge is 2.09. The molecule has 7 heteroatoms. The number of hydrogen-bond acceptors (Lipinski definition) is 4. The molecule has 168 valence electrons. The van der Waals surface area contributed by atoms with Crippen molar-refractivity contribution in [2.24, 2.45) is 0 Å². The van der Waals surface area contributed by atoms with Crippen LogP contribution in [0.25, 0.3) is 11.0 Å². The van der Waals surface area contributed by atoms with E-state index in [9.17, 15) is 4.79 Å². The number of carbonyl (C=O) groups excluding carboxylic acids is 1. The maximum atomic E-state index is 11.0. The van der Waals surface area contributed by atoms with Gasteiger partial charge in [0, 0.05) is 19.2 Å². The van der Waals surface area contributed by atoms with Gasteiger partial charge in [0.15, 0.2) is 5.15 Å². The number of esters is 1. The van der Waals surface area contributed by atoms with Crippen LogP contribution in [0, 0.1) is 0 Å². The maximum Gasteiger partial charge on any atom is 0.305 e. The van der Waals surface area contributed by atoms with Crippen molar-refractivity contribution >= 4 is 40.2 Å². The van der Waals surface area contributed by atoms with Crippen LogP contribution in [0.1, 0.15) is 89.9 Å². The monoisotopic (exact) mass is 455 g/mol. The molecule has 0 atom stereocenters. The van der Waals surface area contributed by atoms with Crippen LogP contribution in [0.15, 0.2) is 12.3 Å². The summed E-state index contributed by atoms with van der Waals surface area (Å²) in [6.07, 6.45) is 18.9. The predicted molar refractivity (Wildman–Crippen MR) is 124 cm³/mol. The number of halogens is 2. The standard InChI is InChI=1S/C23H35Cl2N3O2/c1-30-20(29)15-13-11-9-7-5-3-2-4-6-8-10-12-14-17-28-18-16-19-21(28)22(24)27-23(25)26-19/h16,18H,2-15,17H2,1H3. The highest BCUT2D eigenvalue weighted by Crippen LogP contribution is 2.23. The van der Waals surface area contributed by atoms with Crippen LogP contribution in [0.5, 0.6) is 0 Å². The van der Waals surface area contributed by atoms with E-state index in [-0.39, 0.29) is 11.3 Å². The van der Waals surface area contributed by atoms with Gasteiger partial charge in [-0.05, 0) is 30.5 Å². The lowest BCUT2D eigenvalue weighted by atomic mass is 10.0. The molecule has 0 fully saturated rings. The van der Waals surface area contributed by atoms with Gasteiger partial charge in [0.05, 0.1) is 12.6 Å². The Balaban J connectivity index is 1.40. The molecule has 0 amide bonds. The normalized spacial score (nSPS) is 11.3. The molecule has 0 saturated heterocycles. The predicted octanol–water partition coefficient (Wildman–Crippen LogP) is 7.37. The van der Waals surface area contributed by atoms with Crippen molar-refractivity contribution in [2.45, 2.75) is 96.4 Å². The number of hydrogen-bond donors (Lipinski definition) is 0. The van der Waals surface area contributed by atoms with Gasteiger partial charge in [0.25, 0.3) is 0 Å². The summed E-state index contributed by atoms with van der Waals surface area (Å²) < 4.78 is 6.78. The number of aryl methyl sites for hydroxylation is 1. The van der Waals surface area contributed by atoms with Crippen molar-refractivity contribution in [3.8, 4) is 0 Å². The molecule has 2 heterocycles. The zero-order valence-corrected chi connectivity index (χ0v) is 19.7. The molecule has 0 radical (unpaired) electrons. The largest absolute Gasteiger partial charge is 0.469 e. The first-order chi connectivity index (χ1) is 14.6. The summed E-state index contributed by atoms with van der Waals surface area (Å²) in [6, 6.07) is 1.94. The molecular formula is C23H35Cl2N3O2. The van der Waals surface area contributed by atoms with Crippen molar-refractivity contribution in [2.75, 3.05) is 7.11 Å². The summed E-state index contributed by atoms with van der Waals surface area (Å²) in [5.74, 6) is -0.0856. The van der Waals surface area contributed by atoms with E-state index in [2.05, 4.69) is 19.3 Å². The Morgan fingerprint density at radius 2 is 1.40 bits per heavy atom. The number of methoxy groups -OCH3 is 1. The van der Waals surface area contributed by atoms with Gasteiger partial charge >= 0.3 is 5.97 Å². The summed E-state index contributed by atoms with van der Waals surface area (Å²) in [5.41, 5.74) is 1.69. The van der Waals surface area contributed by atoms with E-state index in [1.54, 1.807) is 0 Å². The van der Waals surface area contributed by atoms with Crippen molar-refractivity contribution < 1.29 is 9.53 Å². The summed E-state index contributed by atoms with van der Waals surface area (Å²) in [5, 5.41) is 0.622. The van der Waals surface area contributed by atoms with Crippen LogP contribution in [0.3, 0.4) is 0 Å². The molecule has 0 aliphatic rings. The molecule has 0 N–H and O–H groups in total. The number of fused-ring (bicyclic) bond motifs is 1. The zero-order valence-electron chi connectivity index (χ0n) is 18.2. The second kappa shape index (κ2) is 14.6. The summed E-state index contributed by atoms with van der Waals surface area (Å²) >= 11 is 12.1. The Kier molecular flexibility index (Phi) is 12.2. The summed E-state index contributed by atoms with van der Waals surface area (Å²) in [7, 11) is 1.46. The molecule has 0 unspecified atom stereocenters. The summed E-state index contributed by atoms with van der Waals surface area (Å²) in [4.78, 5) is 19.3. The molecular weight excluding hydrogens is 421 g/mol. The minimum atomic E-state index is -0.0856. The third-order valence-corrected chi connectivity index (χ3v) is 5.98. The molecule has 0 aliphatic carbocycles. The second-order valence-corrected chi connectivity index (χ2v) is 8.64. The third kappa shape index (κ3) is 9.22. The Labute approximate surface area is 190 Å². The number of aromatic nitrogens is 3. The lowest BCUT2D eigenvalue weighted by molar-refractivity contribution is -0.140. The van der Waals surface area contributed by atoms with Gasteiger partial charge in [0.1, 0.15) is 5.52 Å². The second-order valence-electron chi connectivity index (χ2n) is 7.95. The van der Waals surface area contributed by atoms with Gasteiger partial charge in [-0.1, -0.05) is 82.2 Å². The number of ether oxygens (including phenoxy) is 1. The van der Waals surface area contributed by atoms with Crippen LogP contribution in [-0.4, -0.2) is 27.6 Å². The van der Waals surface area contributed by atoms with Crippen molar-refractivity contribution in [3.63, 3.8) is 0 Å². The van der Waals surface area contributed by atoms with E-state index in [1.165, 1.54) is 71.3 Å². The zero-order chi connectivity index (χ0) is 21.6. The van der Waals surface area contributed by atoms with E-state index in [1.807, 2.05) is 12.3 Å². The Bertz CT molecular complexity index is 764. The van der Waals surface area contributed by atoms with Gasteiger partial charge in [0.2, 0.25) is 5.28 Å². The fourth-order valence-corrected chi connectivity index (χ4v) is 4.32. The molecule has 30 heavy (non-hydrogen) atoms. The number of carbonyl (C=O) groups is 1. The first kappa shape index (κ1) is 24.9. The van der Waals surface area contributed by atoms with Gasteiger partial charge < -0.3 is 9.30 Å². The summed E-state index contributed by atoms with van der Waals surface area (Å²) in [6.45, 7) is 0.938. The van der Waals surface area contributed by atoms with E-state index in [0.717, 1.165) is 36.8 Å². The minimum absolute atomic E-state index is 0.0856. The molecule has 2 aromatic rings. The Morgan fingerprint density at radius 3 is 1.97 bits per heavy atom. The molecule has 0 spiro atoms. The molecule has 5 nitrogen and oxygen atoms in total. The molecule has 0 aliphatic heterocycles. The van der Waals surface area contributed by atoms with Gasteiger partial charge in [-0.15, -0.1) is 0 Å². The molecule has 2 rings (SSSR count). The minimum Gasteiger partial charge on any atom is -0.469 e. The first-order valence-electron chi connectivity index (χ1n) is 11.4. The number of rotatable bonds is 16. The Hall–Kier alpha value is -1.33. The lowest BCUT2D eigenvalue weighted by Crippen LogP contribution is -1.99. The molecule has 0 bridgehead atoms. The molecule has 2 aromatic heterocycles. The van der Waals surface area contributed by atoms with E-state index >= 15 is 0 Å². The lowest BCUT2D eigenvalue weighted by Gasteiger charge is -2.06. The number of unbranched alkanes of at least 4 members (excludes halogenated alkanes) is 12. The van der Waals surface area contributed by atoms with Crippen LogP contribution >= 0.6 is 23.2 Å². The van der Waals surface area contributed by atoms with Gasteiger partial charge in [-0.2, -0.15) is 0 Å². The smallest absolute Gasteiger partial charge is 0.305 e. The highest BCUT2D eigenvalue weighted by atomic mass is 35.5. The van der Waals surface area contributed by atoms with Crippen molar-refractivity contribution in [1.82, 2.24) is 14.5 Å². The fourth-order valence-electron chi connectivity index (χ4n) is 3.82. The first-order valence-corrected chi connectivity index (χ1v) is 12.1. The van der Waals surface area contributed by atoms with Crippen LogP contribution in [0.2, 0.25) is 10.4 Å². The van der Waals surface area contributed by atoms with E-state index in [0.29, 0.717) is 11.6 Å². The average molecular weight is 456 g/mol. The van der Waals surface area contributed by atoms with Crippen molar-refractivity contribution in [1.29, 1.82) is 0 Å². The van der Waals surface area contributed by atoms with Gasteiger partial charge in [-0.3, -0.25) is 4.79 Å². The molecule has 0 saturated carbocycles.